The molecular formula is C20H14ClFN4O4S3. The Morgan fingerprint density at radius 1 is 1.18 bits per heavy atom. The van der Waals surface area contributed by atoms with Gasteiger partial charge in [-0.05, 0) is 54.8 Å². The van der Waals surface area contributed by atoms with Crippen LogP contribution >= 0.6 is 34.7 Å². The molecule has 0 spiro atoms. The number of benzene rings is 2. The first kappa shape index (κ1) is 23.2. The van der Waals surface area contributed by atoms with Crippen molar-refractivity contribution in [1.82, 2.24) is 14.3 Å². The van der Waals surface area contributed by atoms with E-state index in [-0.39, 0.29) is 19.9 Å². The predicted molar refractivity (Wildman–Crippen MR) is 128 cm³/mol. The first-order valence-electron chi connectivity index (χ1n) is 9.12. The Kier molecular flexibility index (Phi) is 6.43. The Morgan fingerprint density at radius 3 is 2.64 bits per heavy atom. The number of rotatable bonds is 5. The lowest BCUT2D eigenvalue weighted by Gasteiger charge is -2.11. The number of carbonyl (C=O) groups is 1. The minimum Gasteiger partial charge on any atom is -0.307 e. The van der Waals surface area contributed by atoms with E-state index >= 15 is 0 Å². The predicted octanol–water partition coefficient (Wildman–Crippen LogP) is 4.47. The molecule has 0 atom stereocenters. The molecule has 0 aliphatic heterocycles. The summed E-state index contributed by atoms with van der Waals surface area (Å²) in [5.74, 6) is -0.815. The van der Waals surface area contributed by atoms with E-state index in [0.29, 0.717) is 10.9 Å². The van der Waals surface area contributed by atoms with Crippen LogP contribution in [0, 0.1) is 5.82 Å². The van der Waals surface area contributed by atoms with Crippen LogP contribution in [0.4, 0.5) is 14.9 Å². The maximum atomic E-state index is 14.8. The second kappa shape index (κ2) is 9.14. The number of hydrogen-bond donors (Lipinski definition) is 2. The normalized spacial score (nSPS) is 11.5. The summed E-state index contributed by atoms with van der Waals surface area (Å²) in [5, 5.41) is 2.59. The van der Waals surface area contributed by atoms with Gasteiger partial charge in [0.2, 0.25) is 0 Å². The zero-order chi connectivity index (χ0) is 23.8. The van der Waals surface area contributed by atoms with Crippen molar-refractivity contribution in [2.24, 2.45) is 0 Å². The lowest BCUT2D eigenvalue weighted by atomic mass is 10.2. The average molecular weight is 525 g/mol. The van der Waals surface area contributed by atoms with Crippen LogP contribution in [0.15, 0.2) is 68.8 Å². The lowest BCUT2D eigenvalue weighted by Crippen LogP contribution is -2.34. The quantitative estimate of drug-likeness (QED) is 0.373. The number of fused-ring (bicyclic) bond motifs is 1. The molecule has 2 aromatic carbocycles. The van der Waals surface area contributed by atoms with Gasteiger partial charge < -0.3 is 5.32 Å². The Labute approximate surface area is 200 Å². The molecule has 2 aromatic heterocycles. The maximum Gasteiger partial charge on any atom is 0.333 e. The van der Waals surface area contributed by atoms with Crippen molar-refractivity contribution in [2.45, 2.75) is 9.10 Å². The number of carbonyl (C=O) groups excluding carboxylic acids is 1. The highest BCUT2D eigenvalue weighted by Gasteiger charge is 2.20. The van der Waals surface area contributed by atoms with Crippen LogP contribution in [0.1, 0.15) is 0 Å². The Bertz CT molecular complexity index is 1550. The standard InChI is InChI=1S/C20H14ClFN4O4S3/c1-31-12-3-4-15-13(9-12)19(27)26(10-23-15)16-5-2-11(8-14(16)22)24-20(28)25-33(29,30)18-7-6-17(21)32-18/h2-10H,1H3,(H2,24,25,28). The molecule has 0 fully saturated rings. The molecule has 33 heavy (non-hydrogen) atoms. The summed E-state index contributed by atoms with van der Waals surface area (Å²) in [4.78, 5) is 30.1. The minimum absolute atomic E-state index is 0.0142. The molecule has 0 aliphatic carbocycles. The fourth-order valence-corrected chi connectivity index (χ4v) is 5.78. The molecule has 0 bridgehead atoms. The van der Waals surface area contributed by atoms with Gasteiger partial charge in [-0.2, -0.15) is 0 Å². The highest BCUT2D eigenvalue weighted by Crippen LogP contribution is 2.25. The largest absolute Gasteiger partial charge is 0.333 e. The van der Waals surface area contributed by atoms with Crippen molar-refractivity contribution < 1.29 is 17.6 Å². The third-order valence-electron chi connectivity index (χ3n) is 4.47. The number of aromatic nitrogens is 2. The summed E-state index contributed by atoms with van der Waals surface area (Å²) in [6.45, 7) is 0. The van der Waals surface area contributed by atoms with Gasteiger partial charge in [-0.1, -0.05) is 11.6 Å². The van der Waals surface area contributed by atoms with E-state index < -0.39 is 27.4 Å². The van der Waals surface area contributed by atoms with Crippen LogP contribution in [0.25, 0.3) is 16.6 Å². The number of urea groups is 1. The smallest absolute Gasteiger partial charge is 0.307 e. The Balaban J connectivity index is 1.58. The molecule has 170 valence electrons. The first-order chi connectivity index (χ1) is 15.7. The SMILES string of the molecule is CSc1ccc2ncn(-c3ccc(NC(=O)NS(=O)(=O)c4ccc(Cl)s4)cc3F)c(=O)c2c1. The minimum atomic E-state index is -4.13. The van der Waals surface area contributed by atoms with Crippen molar-refractivity contribution in [3.63, 3.8) is 0 Å². The van der Waals surface area contributed by atoms with Gasteiger partial charge in [0, 0.05) is 10.6 Å². The number of amides is 2. The van der Waals surface area contributed by atoms with Gasteiger partial charge in [-0.25, -0.2) is 27.3 Å². The molecule has 13 heteroatoms. The van der Waals surface area contributed by atoms with Gasteiger partial charge in [0.1, 0.15) is 16.4 Å². The van der Waals surface area contributed by atoms with Gasteiger partial charge >= 0.3 is 6.03 Å². The van der Waals surface area contributed by atoms with Gasteiger partial charge in [0.25, 0.3) is 15.6 Å². The van der Waals surface area contributed by atoms with E-state index in [2.05, 4.69) is 10.3 Å². The van der Waals surface area contributed by atoms with Crippen LogP contribution < -0.4 is 15.6 Å². The van der Waals surface area contributed by atoms with E-state index in [4.69, 9.17) is 11.6 Å². The van der Waals surface area contributed by atoms with Gasteiger partial charge in [0.05, 0.1) is 20.9 Å². The number of nitrogens with zero attached hydrogens (tertiary/aromatic N) is 2. The van der Waals surface area contributed by atoms with Crippen LogP contribution in [0.5, 0.6) is 0 Å². The summed E-state index contributed by atoms with van der Waals surface area (Å²) in [6.07, 6.45) is 3.10. The van der Waals surface area contributed by atoms with E-state index in [1.54, 1.807) is 12.1 Å². The zero-order valence-electron chi connectivity index (χ0n) is 16.7. The van der Waals surface area contributed by atoms with Crippen molar-refractivity contribution in [3.8, 4) is 5.69 Å². The third-order valence-corrected chi connectivity index (χ3v) is 8.25. The number of sulfonamides is 1. The number of thioether (sulfide) groups is 1. The van der Waals surface area contributed by atoms with Crippen LogP contribution in [0.2, 0.25) is 4.34 Å². The van der Waals surface area contributed by atoms with Crippen LogP contribution in [-0.4, -0.2) is 30.3 Å². The summed E-state index contributed by atoms with van der Waals surface area (Å²) in [7, 11) is -4.13. The molecule has 0 aliphatic rings. The van der Waals surface area contributed by atoms with E-state index in [0.717, 1.165) is 26.9 Å². The molecule has 2 N–H and O–H groups in total. The molecular weight excluding hydrogens is 511 g/mol. The summed E-state index contributed by atoms with van der Waals surface area (Å²) in [6, 6.07) is 10.4. The second-order valence-corrected chi connectivity index (χ2v) is 11.1. The summed E-state index contributed by atoms with van der Waals surface area (Å²) >= 11 is 7.98. The molecule has 0 unspecified atom stereocenters. The van der Waals surface area contributed by atoms with Crippen molar-refractivity contribution >= 4 is 67.3 Å². The summed E-state index contributed by atoms with van der Waals surface area (Å²) in [5.41, 5.74) is -0.0537. The maximum absolute atomic E-state index is 14.8. The van der Waals surface area contributed by atoms with Gasteiger partial charge in [-0.3, -0.25) is 9.36 Å². The number of halogens is 2. The Hall–Kier alpha value is -2.93. The topological polar surface area (TPSA) is 110 Å². The number of anilines is 1. The molecule has 0 radical (unpaired) electrons. The van der Waals surface area contributed by atoms with Crippen molar-refractivity contribution in [1.29, 1.82) is 0 Å². The molecule has 2 heterocycles. The fraction of sp³-hybridized carbons (Fsp3) is 0.0500. The van der Waals surface area contributed by atoms with Gasteiger partial charge in [-0.15, -0.1) is 23.1 Å². The highest BCUT2D eigenvalue weighted by molar-refractivity contribution is 7.98. The number of hydrogen-bond acceptors (Lipinski definition) is 7. The molecule has 8 nitrogen and oxygen atoms in total. The molecule has 0 saturated carbocycles. The second-order valence-electron chi connectivity index (χ2n) is 6.59. The number of nitrogens with one attached hydrogen (secondary N) is 2. The molecule has 4 rings (SSSR count). The highest BCUT2D eigenvalue weighted by atomic mass is 35.5. The van der Waals surface area contributed by atoms with Crippen molar-refractivity contribution in [3.05, 3.63) is 75.4 Å². The fourth-order valence-electron chi connectivity index (χ4n) is 2.95. The monoisotopic (exact) mass is 524 g/mol. The molecule has 2 amide bonds. The van der Waals surface area contributed by atoms with E-state index in [1.165, 1.54) is 42.4 Å². The average Bonchev–Trinajstić information content (AvgIpc) is 3.21. The molecule has 4 aromatic rings. The van der Waals surface area contributed by atoms with Crippen molar-refractivity contribution in [2.75, 3.05) is 11.6 Å². The van der Waals surface area contributed by atoms with Crippen LogP contribution in [0.3, 0.4) is 0 Å². The zero-order valence-corrected chi connectivity index (χ0v) is 19.9. The lowest BCUT2D eigenvalue weighted by molar-refractivity contribution is 0.256. The van der Waals surface area contributed by atoms with E-state index in [9.17, 15) is 22.4 Å². The first-order valence-corrected chi connectivity index (χ1v) is 13.0. The van der Waals surface area contributed by atoms with Crippen LogP contribution in [-0.2, 0) is 10.0 Å². The van der Waals surface area contributed by atoms with Gasteiger partial charge in [0.15, 0.2) is 0 Å². The Morgan fingerprint density at radius 2 is 1.97 bits per heavy atom. The van der Waals surface area contributed by atoms with E-state index in [1.807, 2.05) is 17.0 Å². The summed E-state index contributed by atoms with van der Waals surface area (Å²) < 4.78 is 42.2. The molecule has 0 saturated heterocycles. The third kappa shape index (κ3) is 4.88. The number of thiophene rings is 1.